The van der Waals surface area contributed by atoms with Gasteiger partial charge < -0.3 is 9.30 Å². The van der Waals surface area contributed by atoms with Crippen LogP contribution < -0.4 is 4.74 Å². The summed E-state index contributed by atoms with van der Waals surface area (Å²) in [5.41, 5.74) is 2.70. The summed E-state index contributed by atoms with van der Waals surface area (Å²) in [6, 6.07) is 17.1. The van der Waals surface area contributed by atoms with E-state index in [4.69, 9.17) is 4.74 Å². The zero-order valence-corrected chi connectivity index (χ0v) is 13.6. The van der Waals surface area contributed by atoms with Gasteiger partial charge in [-0.25, -0.2) is 4.98 Å². The minimum atomic E-state index is -0.952. The number of carbonyl (C=O) groups excluding carboxylic acids is 1. The molecular formula is C19H17N3O2. The lowest BCUT2D eigenvalue weighted by atomic mass is 10.1. The standard InChI is InChI=1S/C19H17N3O2/c1-13-6-5-7-14(10-13)24-12-18(23)15(11-20)19-21-16-8-3-4-9-17(16)22(19)2/h3-10,15H,12H2,1-2H3. The maximum absolute atomic E-state index is 12.5. The molecule has 5 heteroatoms. The Morgan fingerprint density at radius 2 is 2.08 bits per heavy atom. The molecule has 2 aromatic carbocycles. The lowest BCUT2D eigenvalue weighted by Gasteiger charge is -2.10. The first kappa shape index (κ1) is 15.8. The van der Waals surface area contributed by atoms with E-state index >= 15 is 0 Å². The monoisotopic (exact) mass is 319 g/mol. The summed E-state index contributed by atoms with van der Waals surface area (Å²) in [6.07, 6.45) is 0. The number of ether oxygens (including phenoxy) is 1. The number of hydrogen-bond donors (Lipinski definition) is 0. The average Bonchev–Trinajstić information content (AvgIpc) is 2.91. The summed E-state index contributed by atoms with van der Waals surface area (Å²) in [7, 11) is 1.81. The second-order valence-electron chi connectivity index (χ2n) is 5.65. The number of aryl methyl sites for hydroxylation is 2. The van der Waals surface area contributed by atoms with Crippen LogP contribution in [0.5, 0.6) is 5.75 Å². The Morgan fingerprint density at radius 3 is 2.79 bits per heavy atom. The number of ketones is 1. The van der Waals surface area contributed by atoms with Crippen molar-refractivity contribution in [1.29, 1.82) is 5.26 Å². The number of nitriles is 1. The molecule has 120 valence electrons. The Kier molecular flexibility index (Phi) is 4.30. The molecule has 24 heavy (non-hydrogen) atoms. The molecule has 0 bridgehead atoms. The van der Waals surface area contributed by atoms with Gasteiger partial charge in [-0.15, -0.1) is 0 Å². The van der Waals surface area contributed by atoms with Gasteiger partial charge in [0.15, 0.2) is 11.7 Å². The van der Waals surface area contributed by atoms with Gasteiger partial charge in [-0.1, -0.05) is 24.3 Å². The van der Waals surface area contributed by atoms with Gasteiger partial charge in [0.05, 0.1) is 17.1 Å². The Balaban J connectivity index is 1.81. The highest BCUT2D eigenvalue weighted by Crippen LogP contribution is 2.22. The van der Waals surface area contributed by atoms with E-state index in [0.717, 1.165) is 16.6 Å². The van der Waals surface area contributed by atoms with Crippen LogP contribution in [0.2, 0.25) is 0 Å². The largest absolute Gasteiger partial charge is 0.486 e. The summed E-state index contributed by atoms with van der Waals surface area (Å²) < 4.78 is 7.31. The molecule has 3 aromatic rings. The zero-order chi connectivity index (χ0) is 17.1. The third-order valence-corrected chi connectivity index (χ3v) is 3.90. The van der Waals surface area contributed by atoms with E-state index in [-0.39, 0.29) is 12.4 Å². The molecule has 0 amide bonds. The van der Waals surface area contributed by atoms with Gasteiger partial charge in [0, 0.05) is 7.05 Å². The highest BCUT2D eigenvalue weighted by molar-refractivity contribution is 5.90. The first-order valence-corrected chi connectivity index (χ1v) is 7.63. The number of aromatic nitrogens is 2. The van der Waals surface area contributed by atoms with Crippen molar-refractivity contribution in [2.24, 2.45) is 7.05 Å². The molecule has 1 atom stereocenters. The van der Waals surface area contributed by atoms with Gasteiger partial charge in [-0.05, 0) is 36.8 Å². The summed E-state index contributed by atoms with van der Waals surface area (Å²) >= 11 is 0. The molecule has 0 radical (unpaired) electrons. The minimum Gasteiger partial charge on any atom is -0.486 e. The molecule has 1 unspecified atom stereocenters. The van der Waals surface area contributed by atoms with E-state index < -0.39 is 5.92 Å². The topological polar surface area (TPSA) is 67.9 Å². The Hall–Kier alpha value is -3.13. The summed E-state index contributed by atoms with van der Waals surface area (Å²) in [5, 5.41) is 9.46. The van der Waals surface area contributed by atoms with E-state index in [9.17, 15) is 10.1 Å². The number of rotatable bonds is 5. The molecule has 0 aliphatic heterocycles. The van der Waals surface area contributed by atoms with E-state index in [1.165, 1.54) is 0 Å². The van der Waals surface area contributed by atoms with Crippen molar-refractivity contribution in [3.63, 3.8) is 0 Å². The first-order chi connectivity index (χ1) is 11.6. The molecule has 0 fully saturated rings. The molecule has 0 N–H and O–H groups in total. The van der Waals surface area contributed by atoms with Crippen LogP contribution in [-0.4, -0.2) is 21.9 Å². The van der Waals surface area contributed by atoms with Crippen molar-refractivity contribution >= 4 is 16.8 Å². The van der Waals surface area contributed by atoms with Gasteiger partial charge >= 0.3 is 0 Å². The number of carbonyl (C=O) groups is 1. The Bertz CT molecular complexity index is 937. The SMILES string of the molecule is Cc1cccc(OCC(=O)C(C#N)c2nc3ccccc3n2C)c1. The van der Waals surface area contributed by atoms with Crippen LogP contribution in [-0.2, 0) is 11.8 Å². The van der Waals surface area contributed by atoms with Gasteiger partial charge in [-0.3, -0.25) is 4.79 Å². The van der Waals surface area contributed by atoms with Crippen LogP contribution in [0.4, 0.5) is 0 Å². The van der Waals surface area contributed by atoms with Gasteiger partial charge in [0.25, 0.3) is 0 Å². The van der Waals surface area contributed by atoms with Crippen LogP contribution in [0.3, 0.4) is 0 Å². The second kappa shape index (κ2) is 6.55. The molecule has 0 aliphatic carbocycles. The molecule has 0 aliphatic rings. The van der Waals surface area contributed by atoms with Crippen LogP contribution in [0.15, 0.2) is 48.5 Å². The summed E-state index contributed by atoms with van der Waals surface area (Å²) in [6.45, 7) is 1.79. The Morgan fingerprint density at radius 1 is 1.29 bits per heavy atom. The van der Waals surface area contributed by atoms with Crippen molar-refractivity contribution in [2.45, 2.75) is 12.8 Å². The molecule has 1 heterocycles. The van der Waals surface area contributed by atoms with Crippen molar-refractivity contribution in [1.82, 2.24) is 9.55 Å². The van der Waals surface area contributed by atoms with Crippen molar-refractivity contribution in [2.75, 3.05) is 6.61 Å². The predicted molar refractivity (Wildman–Crippen MR) is 90.7 cm³/mol. The highest BCUT2D eigenvalue weighted by Gasteiger charge is 2.26. The summed E-state index contributed by atoms with van der Waals surface area (Å²) in [5.74, 6) is -0.203. The minimum absolute atomic E-state index is 0.162. The number of para-hydroxylation sites is 2. The van der Waals surface area contributed by atoms with Gasteiger partial charge in [-0.2, -0.15) is 5.26 Å². The normalized spacial score (nSPS) is 11.9. The number of benzene rings is 2. The summed E-state index contributed by atoms with van der Waals surface area (Å²) in [4.78, 5) is 16.9. The second-order valence-corrected chi connectivity index (χ2v) is 5.65. The fourth-order valence-electron chi connectivity index (χ4n) is 2.64. The quantitative estimate of drug-likeness (QED) is 0.724. The first-order valence-electron chi connectivity index (χ1n) is 7.63. The fraction of sp³-hybridized carbons (Fsp3) is 0.211. The van der Waals surface area contributed by atoms with E-state index in [1.807, 2.05) is 56.4 Å². The zero-order valence-electron chi connectivity index (χ0n) is 13.6. The van der Waals surface area contributed by atoms with Crippen molar-refractivity contribution in [3.8, 4) is 11.8 Å². The van der Waals surface area contributed by atoms with Crippen LogP contribution in [0, 0.1) is 18.3 Å². The van der Waals surface area contributed by atoms with E-state index in [2.05, 4.69) is 11.1 Å². The number of imidazole rings is 1. The number of fused-ring (bicyclic) bond motifs is 1. The molecule has 5 nitrogen and oxygen atoms in total. The smallest absolute Gasteiger partial charge is 0.194 e. The van der Waals surface area contributed by atoms with Gasteiger partial charge in [0.1, 0.15) is 18.2 Å². The number of hydrogen-bond acceptors (Lipinski definition) is 4. The van der Waals surface area contributed by atoms with Crippen LogP contribution in [0.1, 0.15) is 17.3 Å². The maximum Gasteiger partial charge on any atom is 0.194 e. The molecule has 0 saturated carbocycles. The lowest BCUT2D eigenvalue weighted by molar-refractivity contribution is -0.121. The third-order valence-electron chi connectivity index (χ3n) is 3.90. The third kappa shape index (κ3) is 2.99. The van der Waals surface area contributed by atoms with E-state index in [1.54, 1.807) is 10.6 Å². The average molecular weight is 319 g/mol. The van der Waals surface area contributed by atoms with Crippen LogP contribution in [0.25, 0.3) is 11.0 Å². The fourth-order valence-corrected chi connectivity index (χ4v) is 2.64. The number of Topliss-reactive ketones (excluding diaryl/α,β-unsaturated/α-hetero) is 1. The van der Waals surface area contributed by atoms with Crippen LogP contribution >= 0.6 is 0 Å². The molecule has 3 rings (SSSR count). The van der Waals surface area contributed by atoms with Crippen molar-refractivity contribution in [3.05, 3.63) is 59.9 Å². The predicted octanol–water partition coefficient (Wildman–Crippen LogP) is 3.14. The van der Waals surface area contributed by atoms with Crippen molar-refractivity contribution < 1.29 is 9.53 Å². The Labute approximate surface area is 140 Å². The maximum atomic E-state index is 12.5. The molecule has 0 saturated heterocycles. The number of nitrogens with zero attached hydrogens (tertiary/aromatic N) is 3. The highest BCUT2D eigenvalue weighted by atomic mass is 16.5. The lowest BCUT2D eigenvalue weighted by Crippen LogP contribution is -2.21. The molecule has 1 aromatic heterocycles. The van der Waals surface area contributed by atoms with Gasteiger partial charge in [0.2, 0.25) is 0 Å². The van der Waals surface area contributed by atoms with E-state index in [0.29, 0.717) is 11.6 Å². The molecule has 0 spiro atoms. The molecular weight excluding hydrogens is 302 g/mol.